The van der Waals surface area contributed by atoms with Crippen molar-refractivity contribution < 1.29 is 9.69 Å². The van der Waals surface area contributed by atoms with Crippen molar-refractivity contribution in [2.24, 2.45) is 5.92 Å². The minimum Gasteiger partial charge on any atom is -0.374 e. The van der Waals surface area contributed by atoms with E-state index in [0.29, 0.717) is 12.1 Å². The highest BCUT2D eigenvalue weighted by Crippen LogP contribution is 2.35. The molecular weight excluding hydrogens is 310 g/mol. The Morgan fingerprint density at radius 1 is 1.00 bits per heavy atom. The fourth-order valence-electron chi connectivity index (χ4n) is 5.02. The minimum atomic E-state index is 0.109. The highest BCUT2D eigenvalue weighted by atomic mass is 16.2. The molecule has 0 aromatic heterocycles. The van der Waals surface area contributed by atoms with Crippen LogP contribution in [-0.2, 0) is 0 Å². The molecule has 2 aromatic carbocycles. The summed E-state index contributed by atoms with van der Waals surface area (Å²) in [6.45, 7) is 3.29. The van der Waals surface area contributed by atoms with Gasteiger partial charge in [0.2, 0.25) is 0 Å². The molecular formula is C21H24N3O+. The van der Waals surface area contributed by atoms with Crippen molar-refractivity contribution >= 4 is 17.3 Å². The van der Waals surface area contributed by atoms with Crippen molar-refractivity contribution in [1.29, 1.82) is 0 Å². The molecule has 0 spiro atoms. The number of quaternary nitrogens is 1. The third-order valence-electron chi connectivity index (χ3n) is 6.30. The number of fused-ring (bicyclic) bond motifs is 3. The van der Waals surface area contributed by atoms with E-state index in [1.807, 2.05) is 41.3 Å². The molecule has 2 bridgehead atoms. The zero-order valence-corrected chi connectivity index (χ0v) is 14.3. The summed E-state index contributed by atoms with van der Waals surface area (Å²) in [6.07, 6.45) is 2.61. The average Bonchev–Trinajstić information content (AvgIpc) is 2.87. The molecule has 128 valence electrons. The second-order valence-electron chi connectivity index (χ2n) is 7.57. The molecule has 0 radical (unpaired) electrons. The number of carbonyl (C=O) groups is 1. The van der Waals surface area contributed by atoms with Crippen molar-refractivity contribution in [2.75, 3.05) is 29.9 Å². The molecule has 6 rings (SSSR count). The number of benzene rings is 2. The Hall–Kier alpha value is -2.33. The van der Waals surface area contributed by atoms with Crippen LogP contribution in [-0.4, -0.2) is 37.6 Å². The second-order valence-corrected chi connectivity index (χ2v) is 7.57. The van der Waals surface area contributed by atoms with Gasteiger partial charge < -0.3 is 15.1 Å². The van der Waals surface area contributed by atoms with Gasteiger partial charge in [-0.05, 0) is 30.2 Å². The summed E-state index contributed by atoms with van der Waals surface area (Å²) in [5.41, 5.74) is 2.89. The fourth-order valence-corrected chi connectivity index (χ4v) is 5.02. The number of anilines is 2. The van der Waals surface area contributed by atoms with Gasteiger partial charge in [0.25, 0.3) is 5.91 Å². The van der Waals surface area contributed by atoms with E-state index in [1.165, 1.54) is 25.9 Å². The molecule has 4 aliphatic heterocycles. The number of amides is 1. The third kappa shape index (κ3) is 2.44. The monoisotopic (exact) mass is 334 g/mol. The Kier molecular flexibility index (Phi) is 3.52. The molecule has 4 nitrogen and oxygen atoms in total. The average molecular weight is 334 g/mol. The van der Waals surface area contributed by atoms with E-state index in [9.17, 15) is 4.79 Å². The molecule has 3 fully saturated rings. The lowest BCUT2D eigenvalue weighted by Crippen LogP contribution is -3.21. The van der Waals surface area contributed by atoms with Gasteiger partial charge in [-0.25, -0.2) is 0 Å². The SMILES string of the molecule is O=C(c1ccccc1)N1CC2C(Nc3ccccc31)C1CC[NH+]2CC1. The molecule has 4 aliphatic rings. The molecule has 2 aromatic rings. The van der Waals surface area contributed by atoms with E-state index in [0.717, 1.165) is 29.4 Å². The molecule has 2 atom stereocenters. The Labute approximate surface area is 148 Å². The first-order valence-corrected chi connectivity index (χ1v) is 9.38. The van der Waals surface area contributed by atoms with Gasteiger partial charge in [-0.15, -0.1) is 0 Å². The van der Waals surface area contributed by atoms with Crippen LogP contribution in [0.1, 0.15) is 23.2 Å². The normalized spacial score (nSPS) is 30.0. The minimum absolute atomic E-state index is 0.109. The van der Waals surface area contributed by atoms with E-state index >= 15 is 0 Å². The largest absolute Gasteiger partial charge is 0.374 e. The Morgan fingerprint density at radius 3 is 2.52 bits per heavy atom. The van der Waals surface area contributed by atoms with E-state index in [1.54, 1.807) is 4.90 Å². The van der Waals surface area contributed by atoms with Crippen molar-refractivity contribution in [3.63, 3.8) is 0 Å². The zero-order valence-electron chi connectivity index (χ0n) is 14.3. The van der Waals surface area contributed by atoms with Crippen LogP contribution >= 0.6 is 0 Å². The predicted molar refractivity (Wildman–Crippen MR) is 99.2 cm³/mol. The first kappa shape index (κ1) is 15.0. The van der Waals surface area contributed by atoms with Crippen LogP contribution in [0, 0.1) is 5.92 Å². The number of rotatable bonds is 1. The topological polar surface area (TPSA) is 36.8 Å². The summed E-state index contributed by atoms with van der Waals surface area (Å²) in [5.74, 6) is 0.847. The molecule has 0 saturated carbocycles. The lowest BCUT2D eigenvalue weighted by molar-refractivity contribution is -0.940. The maximum absolute atomic E-state index is 13.3. The standard InChI is InChI=1S/C21H23N3O/c25-21(16-6-2-1-3-7-16)24-14-19-20(15-10-12-23(19)13-11-15)22-17-8-4-5-9-18(17)24/h1-9,15,19-20,22H,10-14H2/p+1. The Balaban J connectivity index is 1.57. The van der Waals surface area contributed by atoms with Crippen LogP contribution in [0.15, 0.2) is 54.6 Å². The van der Waals surface area contributed by atoms with Crippen LogP contribution in [0.4, 0.5) is 11.4 Å². The predicted octanol–water partition coefficient (Wildman–Crippen LogP) is 1.80. The van der Waals surface area contributed by atoms with Gasteiger partial charge in [0.1, 0.15) is 6.04 Å². The number of hydrogen-bond donors (Lipinski definition) is 2. The first-order chi connectivity index (χ1) is 12.3. The number of hydrogen-bond acceptors (Lipinski definition) is 2. The molecule has 1 amide bonds. The molecule has 4 heteroatoms. The number of carbonyl (C=O) groups excluding carboxylic acids is 1. The summed E-state index contributed by atoms with van der Waals surface area (Å²) < 4.78 is 0. The summed E-state index contributed by atoms with van der Waals surface area (Å²) in [6, 6.07) is 18.9. The van der Waals surface area contributed by atoms with Gasteiger partial charge >= 0.3 is 0 Å². The van der Waals surface area contributed by atoms with Gasteiger partial charge in [0.15, 0.2) is 0 Å². The first-order valence-electron chi connectivity index (χ1n) is 9.38. The molecule has 2 unspecified atom stereocenters. The lowest BCUT2D eigenvalue weighted by Gasteiger charge is -2.48. The maximum Gasteiger partial charge on any atom is 0.258 e. The van der Waals surface area contributed by atoms with Crippen LogP contribution < -0.4 is 15.1 Å². The van der Waals surface area contributed by atoms with Crippen molar-refractivity contribution in [3.05, 3.63) is 60.2 Å². The quantitative estimate of drug-likeness (QED) is 0.834. The van der Waals surface area contributed by atoms with Crippen LogP contribution in [0.25, 0.3) is 0 Å². The lowest BCUT2D eigenvalue weighted by atomic mass is 9.78. The summed E-state index contributed by atoms with van der Waals surface area (Å²) in [4.78, 5) is 17.0. The molecule has 0 aliphatic carbocycles. The number of piperidine rings is 3. The Bertz CT molecular complexity index is 783. The third-order valence-corrected chi connectivity index (χ3v) is 6.30. The van der Waals surface area contributed by atoms with Gasteiger partial charge in [-0.3, -0.25) is 4.79 Å². The fraction of sp³-hybridized carbons (Fsp3) is 0.381. The van der Waals surface area contributed by atoms with E-state index in [4.69, 9.17) is 0 Å². The van der Waals surface area contributed by atoms with E-state index in [-0.39, 0.29) is 5.91 Å². The zero-order chi connectivity index (χ0) is 16.8. The summed E-state index contributed by atoms with van der Waals surface area (Å²) in [7, 11) is 0. The molecule has 3 saturated heterocycles. The van der Waals surface area contributed by atoms with Gasteiger partial charge in [-0.1, -0.05) is 30.3 Å². The number of para-hydroxylation sites is 2. The Morgan fingerprint density at radius 2 is 1.72 bits per heavy atom. The number of nitrogens with one attached hydrogen (secondary N) is 2. The smallest absolute Gasteiger partial charge is 0.258 e. The van der Waals surface area contributed by atoms with Crippen LogP contribution in [0.2, 0.25) is 0 Å². The summed E-state index contributed by atoms with van der Waals surface area (Å²) in [5, 5.41) is 3.81. The van der Waals surface area contributed by atoms with E-state index in [2.05, 4.69) is 23.5 Å². The van der Waals surface area contributed by atoms with Crippen molar-refractivity contribution in [3.8, 4) is 0 Å². The van der Waals surface area contributed by atoms with Gasteiger partial charge in [0, 0.05) is 18.4 Å². The van der Waals surface area contributed by atoms with Crippen LogP contribution in [0.3, 0.4) is 0 Å². The highest BCUT2D eigenvalue weighted by molar-refractivity contribution is 6.08. The van der Waals surface area contributed by atoms with Crippen molar-refractivity contribution in [2.45, 2.75) is 24.9 Å². The maximum atomic E-state index is 13.3. The molecule has 25 heavy (non-hydrogen) atoms. The van der Waals surface area contributed by atoms with Crippen molar-refractivity contribution in [1.82, 2.24) is 0 Å². The van der Waals surface area contributed by atoms with Gasteiger partial charge in [0.05, 0.1) is 37.1 Å². The number of nitrogens with zero attached hydrogens (tertiary/aromatic N) is 1. The molecule has 2 N–H and O–H groups in total. The van der Waals surface area contributed by atoms with E-state index < -0.39 is 0 Å². The van der Waals surface area contributed by atoms with Gasteiger partial charge in [-0.2, -0.15) is 0 Å². The highest BCUT2D eigenvalue weighted by Gasteiger charge is 2.48. The second kappa shape index (κ2) is 5.88. The molecule has 4 heterocycles. The van der Waals surface area contributed by atoms with Crippen LogP contribution in [0.5, 0.6) is 0 Å². The summed E-state index contributed by atoms with van der Waals surface area (Å²) >= 11 is 0.